The van der Waals surface area contributed by atoms with Gasteiger partial charge in [-0.2, -0.15) is 0 Å². The summed E-state index contributed by atoms with van der Waals surface area (Å²) >= 11 is 0. The molecule has 0 saturated carbocycles. The normalized spacial score (nSPS) is 32.4. The van der Waals surface area contributed by atoms with E-state index in [1.54, 1.807) is 0 Å². The summed E-state index contributed by atoms with van der Waals surface area (Å²) < 4.78 is 0. The second-order valence-electron chi connectivity index (χ2n) is 4.98. The lowest BCUT2D eigenvalue weighted by molar-refractivity contribution is -0.120. The lowest BCUT2D eigenvalue weighted by Crippen LogP contribution is -2.39. The van der Waals surface area contributed by atoms with E-state index in [4.69, 9.17) is 5.73 Å². The third-order valence-electron chi connectivity index (χ3n) is 3.95. The van der Waals surface area contributed by atoms with Crippen LogP contribution in [-0.4, -0.2) is 49.1 Å². The number of hydrogen-bond donors (Lipinski definition) is 3. The number of amides is 3. The monoisotopic (exact) mass is 240 g/mol. The Morgan fingerprint density at radius 3 is 2.88 bits per heavy atom. The number of hydrogen-bond acceptors (Lipinski definition) is 4. The molecule has 6 nitrogen and oxygen atoms in total. The highest BCUT2D eigenvalue weighted by Crippen LogP contribution is 2.31. The van der Waals surface area contributed by atoms with E-state index < -0.39 is 6.03 Å². The first-order valence-electron chi connectivity index (χ1n) is 6.12. The van der Waals surface area contributed by atoms with Gasteiger partial charge in [0.2, 0.25) is 5.91 Å². The standard InChI is InChI=1S/C11H20N4O2/c1-7-9-5-13-4-8(9)6-15(7)3-2-10(16)14-11(12)17/h7-9,13H,2-6H2,1H3,(H3,12,14,16,17). The molecule has 0 radical (unpaired) electrons. The number of carbonyl (C=O) groups is 2. The van der Waals surface area contributed by atoms with Crippen molar-refractivity contribution in [3.8, 4) is 0 Å². The fourth-order valence-electron chi connectivity index (χ4n) is 3.00. The van der Waals surface area contributed by atoms with Crippen molar-refractivity contribution >= 4 is 11.9 Å². The van der Waals surface area contributed by atoms with E-state index in [2.05, 4.69) is 22.5 Å². The molecule has 0 aliphatic carbocycles. The summed E-state index contributed by atoms with van der Waals surface area (Å²) in [5, 5.41) is 5.49. The average Bonchev–Trinajstić information content (AvgIpc) is 2.79. The number of fused-ring (bicyclic) bond motifs is 1. The van der Waals surface area contributed by atoms with Crippen LogP contribution >= 0.6 is 0 Å². The number of urea groups is 1. The Labute approximate surface area is 101 Å². The third kappa shape index (κ3) is 2.76. The van der Waals surface area contributed by atoms with E-state index in [9.17, 15) is 9.59 Å². The molecule has 2 heterocycles. The Kier molecular flexibility index (Phi) is 3.63. The molecule has 2 aliphatic heterocycles. The number of imide groups is 1. The smallest absolute Gasteiger partial charge is 0.318 e. The van der Waals surface area contributed by atoms with Crippen LogP contribution in [0.25, 0.3) is 0 Å². The Balaban J connectivity index is 1.77. The molecule has 6 heteroatoms. The van der Waals surface area contributed by atoms with Gasteiger partial charge < -0.3 is 11.1 Å². The number of nitrogens with two attached hydrogens (primary N) is 1. The molecule has 0 aromatic rings. The van der Waals surface area contributed by atoms with E-state index in [1.165, 1.54) is 0 Å². The Bertz CT molecular complexity index is 321. The van der Waals surface area contributed by atoms with Crippen LogP contribution in [0.4, 0.5) is 4.79 Å². The van der Waals surface area contributed by atoms with Crippen molar-refractivity contribution in [2.45, 2.75) is 19.4 Å². The summed E-state index contributed by atoms with van der Waals surface area (Å²) in [6, 6.07) is -0.262. The van der Waals surface area contributed by atoms with Crippen LogP contribution < -0.4 is 16.4 Å². The minimum atomic E-state index is -0.773. The third-order valence-corrected chi connectivity index (χ3v) is 3.95. The first-order valence-corrected chi connectivity index (χ1v) is 6.12. The molecule has 96 valence electrons. The van der Waals surface area contributed by atoms with Gasteiger partial charge in [0.05, 0.1) is 0 Å². The van der Waals surface area contributed by atoms with Crippen LogP contribution in [-0.2, 0) is 4.79 Å². The summed E-state index contributed by atoms with van der Waals surface area (Å²) in [6.45, 7) is 6.12. The lowest BCUT2D eigenvalue weighted by Gasteiger charge is -2.23. The molecule has 2 aliphatic rings. The highest BCUT2D eigenvalue weighted by Gasteiger charge is 2.41. The number of primary amides is 1. The number of likely N-dealkylation sites (tertiary alicyclic amines) is 1. The van der Waals surface area contributed by atoms with E-state index in [-0.39, 0.29) is 5.91 Å². The molecule has 0 aromatic heterocycles. The van der Waals surface area contributed by atoms with Crippen LogP contribution in [0.5, 0.6) is 0 Å². The summed E-state index contributed by atoms with van der Waals surface area (Å²) in [5.41, 5.74) is 4.89. The van der Waals surface area contributed by atoms with E-state index in [1.807, 2.05) is 0 Å². The van der Waals surface area contributed by atoms with Gasteiger partial charge in [0, 0.05) is 25.6 Å². The van der Waals surface area contributed by atoms with Gasteiger partial charge in [-0.1, -0.05) is 0 Å². The van der Waals surface area contributed by atoms with Crippen LogP contribution in [0.2, 0.25) is 0 Å². The molecule has 0 aromatic carbocycles. The first kappa shape index (κ1) is 12.3. The zero-order valence-electron chi connectivity index (χ0n) is 10.1. The van der Waals surface area contributed by atoms with Gasteiger partial charge in [0.1, 0.15) is 0 Å². The highest BCUT2D eigenvalue weighted by atomic mass is 16.2. The van der Waals surface area contributed by atoms with E-state index >= 15 is 0 Å². The maximum Gasteiger partial charge on any atom is 0.318 e. The molecular formula is C11H20N4O2. The topological polar surface area (TPSA) is 87.5 Å². The van der Waals surface area contributed by atoms with Gasteiger partial charge in [0.15, 0.2) is 0 Å². The Hall–Kier alpha value is -1.14. The van der Waals surface area contributed by atoms with Gasteiger partial charge in [-0.15, -0.1) is 0 Å². The molecule has 2 saturated heterocycles. The summed E-state index contributed by atoms with van der Waals surface area (Å²) in [4.78, 5) is 24.1. The van der Waals surface area contributed by atoms with Gasteiger partial charge in [-0.25, -0.2) is 4.79 Å². The number of nitrogens with one attached hydrogen (secondary N) is 2. The van der Waals surface area contributed by atoms with Gasteiger partial charge in [-0.3, -0.25) is 15.0 Å². The molecule has 2 fully saturated rings. The molecule has 17 heavy (non-hydrogen) atoms. The molecule has 4 N–H and O–H groups in total. The molecule has 3 amide bonds. The van der Waals surface area contributed by atoms with E-state index in [0.29, 0.717) is 30.8 Å². The van der Waals surface area contributed by atoms with Gasteiger partial charge >= 0.3 is 6.03 Å². The Morgan fingerprint density at radius 1 is 1.47 bits per heavy atom. The van der Waals surface area contributed by atoms with Crippen molar-refractivity contribution < 1.29 is 9.59 Å². The lowest BCUT2D eigenvalue weighted by atomic mass is 9.95. The van der Waals surface area contributed by atoms with Crippen molar-refractivity contribution in [3.63, 3.8) is 0 Å². The second kappa shape index (κ2) is 5.01. The molecule has 2 rings (SSSR count). The summed E-state index contributed by atoms with van der Waals surface area (Å²) in [6.07, 6.45) is 0.333. The average molecular weight is 240 g/mol. The number of rotatable bonds is 3. The molecule has 0 spiro atoms. The fourth-order valence-corrected chi connectivity index (χ4v) is 3.00. The minimum absolute atomic E-state index is 0.292. The summed E-state index contributed by atoms with van der Waals surface area (Å²) in [5.74, 6) is 1.12. The Morgan fingerprint density at radius 2 is 2.24 bits per heavy atom. The molecule has 3 atom stereocenters. The van der Waals surface area contributed by atoms with Crippen molar-refractivity contribution in [3.05, 3.63) is 0 Å². The van der Waals surface area contributed by atoms with Crippen molar-refractivity contribution in [2.24, 2.45) is 17.6 Å². The van der Waals surface area contributed by atoms with Crippen molar-refractivity contribution in [1.29, 1.82) is 0 Å². The highest BCUT2D eigenvalue weighted by molar-refractivity contribution is 5.93. The predicted molar refractivity (Wildman–Crippen MR) is 63.2 cm³/mol. The molecule has 3 unspecified atom stereocenters. The molecule has 0 bridgehead atoms. The van der Waals surface area contributed by atoms with Crippen LogP contribution in [0.15, 0.2) is 0 Å². The van der Waals surface area contributed by atoms with Gasteiger partial charge in [0.25, 0.3) is 0 Å². The minimum Gasteiger partial charge on any atom is -0.351 e. The zero-order chi connectivity index (χ0) is 12.4. The zero-order valence-corrected chi connectivity index (χ0v) is 10.1. The predicted octanol–water partition coefficient (Wildman–Crippen LogP) is -0.889. The first-order chi connectivity index (χ1) is 8.08. The number of carbonyl (C=O) groups excluding carboxylic acids is 2. The van der Waals surface area contributed by atoms with Crippen LogP contribution in [0.3, 0.4) is 0 Å². The SMILES string of the molecule is CC1C2CNCC2CN1CCC(=O)NC(N)=O. The van der Waals surface area contributed by atoms with Crippen molar-refractivity contribution in [1.82, 2.24) is 15.5 Å². The fraction of sp³-hybridized carbons (Fsp3) is 0.818. The van der Waals surface area contributed by atoms with Crippen LogP contribution in [0, 0.1) is 11.8 Å². The van der Waals surface area contributed by atoms with Crippen LogP contribution in [0.1, 0.15) is 13.3 Å². The maximum absolute atomic E-state index is 11.3. The number of nitrogens with zero attached hydrogens (tertiary/aromatic N) is 1. The largest absolute Gasteiger partial charge is 0.351 e. The second-order valence-corrected chi connectivity index (χ2v) is 4.98. The maximum atomic E-state index is 11.3. The van der Waals surface area contributed by atoms with Gasteiger partial charge in [-0.05, 0) is 31.8 Å². The quantitative estimate of drug-likeness (QED) is 0.597. The summed E-state index contributed by atoms with van der Waals surface area (Å²) in [7, 11) is 0. The van der Waals surface area contributed by atoms with E-state index in [0.717, 1.165) is 19.6 Å². The van der Waals surface area contributed by atoms with Crippen molar-refractivity contribution in [2.75, 3.05) is 26.2 Å². The molecular weight excluding hydrogens is 220 g/mol.